The molecule has 3 rings (SSSR count). The number of nitrogens with zero attached hydrogens (tertiary/aromatic N) is 2. The first-order valence-electron chi connectivity index (χ1n) is 9.20. The van der Waals surface area contributed by atoms with Gasteiger partial charge in [0.1, 0.15) is 11.5 Å². The van der Waals surface area contributed by atoms with Gasteiger partial charge >= 0.3 is 5.69 Å². The molecule has 4 N–H and O–H groups in total. The molecule has 0 saturated carbocycles. The average Bonchev–Trinajstić information content (AvgIpc) is 2.71. The van der Waals surface area contributed by atoms with Gasteiger partial charge in [-0.3, -0.25) is 19.1 Å². The number of likely N-dealkylation sites (N-methyl/N-ethyl adjacent to an activating group) is 1. The van der Waals surface area contributed by atoms with E-state index in [1.165, 1.54) is 9.47 Å². The van der Waals surface area contributed by atoms with Gasteiger partial charge in [0.15, 0.2) is 0 Å². The second kappa shape index (κ2) is 9.36. The summed E-state index contributed by atoms with van der Waals surface area (Å²) in [5, 5.41) is 2.81. The van der Waals surface area contributed by atoms with Crippen LogP contribution in [-0.2, 0) is 11.3 Å². The lowest BCUT2D eigenvalue weighted by atomic mass is 10.2. The Morgan fingerprint density at radius 3 is 2.60 bits per heavy atom. The summed E-state index contributed by atoms with van der Waals surface area (Å²) in [5.74, 6) is -0.303. The summed E-state index contributed by atoms with van der Waals surface area (Å²) in [6.45, 7) is 0.0944. The van der Waals surface area contributed by atoms with Crippen molar-refractivity contribution >= 4 is 34.9 Å². The molecule has 0 fully saturated rings. The molecule has 8 nitrogen and oxygen atoms in total. The molecule has 0 unspecified atom stereocenters. The van der Waals surface area contributed by atoms with Crippen molar-refractivity contribution in [2.75, 3.05) is 35.8 Å². The number of anilines is 3. The number of thioether (sulfide) groups is 1. The number of H-pyrrole nitrogens is 1. The fourth-order valence-electron chi connectivity index (χ4n) is 3.07. The van der Waals surface area contributed by atoms with Crippen LogP contribution in [0.25, 0.3) is 0 Å². The van der Waals surface area contributed by atoms with Crippen molar-refractivity contribution in [3.8, 4) is 0 Å². The maximum atomic E-state index is 12.5. The van der Waals surface area contributed by atoms with E-state index in [1.54, 1.807) is 24.9 Å². The van der Waals surface area contributed by atoms with Gasteiger partial charge in [-0.2, -0.15) is 0 Å². The molecule has 0 atom stereocenters. The molecule has 1 amide bonds. The van der Waals surface area contributed by atoms with Crippen molar-refractivity contribution in [1.29, 1.82) is 0 Å². The Kier molecular flexibility index (Phi) is 6.63. The number of benzene rings is 2. The number of carbonyl (C=O) groups is 1. The van der Waals surface area contributed by atoms with Gasteiger partial charge in [-0.25, -0.2) is 4.79 Å². The van der Waals surface area contributed by atoms with Crippen molar-refractivity contribution in [1.82, 2.24) is 9.55 Å². The van der Waals surface area contributed by atoms with Gasteiger partial charge in [0.25, 0.3) is 5.56 Å². The number of hydrogen-bond donors (Lipinski definition) is 3. The zero-order valence-corrected chi connectivity index (χ0v) is 17.5. The molecule has 1 aromatic heterocycles. The Balaban J connectivity index is 1.82. The van der Waals surface area contributed by atoms with E-state index in [2.05, 4.69) is 10.3 Å². The predicted octanol–water partition coefficient (Wildman–Crippen LogP) is 1.96. The first kappa shape index (κ1) is 21.3. The normalized spacial score (nSPS) is 10.6. The third kappa shape index (κ3) is 4.93. The van der Waals surface area contributed by atoms with E-state index in [-0.39, 0.29) is 30.5 Å². The van der Waals surface area contributed by atoms with Crippen molar-refractivity contribution in [3.05, 3.63) is 81.0 Å². The Morgan fingerprint density at radius 1 is 1.17 bits per heavy atom. The number of hydrogen-bond acceptors (Lipinski definition) is 6. The van der Waals surface area contributed by atoms with Crippen LogP contribution in [0.4, 0.5) is 17.2 Å². The largest absolute Gasteiger partial charge is 0.383 e. The van der Waals surface area contributed by atoms with Gasteiger partial charge in [0.05, 0.1) is 13.1 Å². The summed E-state index contributed by atoms with van der Waals surface area (Å²) in [6, 6.07) is 16.7. The molecule has 0 aliphatic rings. The standard InChI is InChI=1S/C21H23N5O3S/c1-25(13-17(27)23-15-9-6-10-16(11-15)30-2)18-19(22)26(21(29)24-20(18)28)12-14-7-4-3-5-8-14/h3-11H,12-13,22H2,1-2H3,(H,23,27)(H,24,28,29). The number of aromatic nitrogens is 2. The van der Waals surface area contributed by atoms with E-state index >= 15 is 0 Å². The van der Waals surface area contributed by atoms with E-state index in [9.17, 15) is 14.4 Å². The van der Waals surface area contributed by atoms with E-state index in [4.69, 9.17) is 5.73 Å². The fourth-order valence-corrected chi connectivity index (χ4v) is 3.52. The van der Waals surface area contributed by atoms with Crippen LogP contribution >= 0.6 is 11.8 Å². The van der Waals surface area contributed by atoms with Crippen molar-refractivity contribution in [3.63, 3.8) is 0 Å². The summed E-state index contributed by atoms with van der Waals surface area (Å²) in [7, 11) is 1.58. The van der Waals surface area contributed by atoms with E-state index < -0.39 is 11.2 Å². The Labute approximate surface area is 177 Å². The molecule has 30 heavy (non-hydrogen) atoms. The Morgan fingerprint density at radius 2 is 1.90 bits per heavy atom. The van der Waals surface area contributed by atoms with Gasteiger partial charge in [0.2, 0.25) is 5.91 Å². The van der Waals surface area contributed by atoms with Gasteiger partial charge in [-0.15, -0.1) is 11.8 Å². The summed E-state index contributed by atoms with van der Waals surface area (Å²) in [4.78, 5) is 41.9. The summed E-state index contributed by atoms with van der Waals surface area (Å²) in [5.41, 5.74) is 6.52. The highest BCUT2D eigenvalue weighted by atomic mass is 32.2. The Bertz CT molecular complexity index is 1160. The van der Waals surface area contributed by atoms with Crippen LogP contribution in [0.15, 0.2) is 69.1 Å². The average molecular weight is 426 g/mol. The lowest BCUT2D eigenvalue weighted by Gasteiger charge is -2.21. The summed E-state index contributed by atoms with van der Waals surface area (Å²) >= 11 is 1.57. The van der Waals surface area contributed by atoms with Crippen molar-refractivity contribution < 1.29 is 4.79 Å². The highest BCUT2D eigenvalue weighted by Gasteiger charge is 2.18. The predicted molar refractivity (Wildman–Crippen MR) is 121 cm³/mol. The molecule has 0 aliphatic heterocycles. The molecule has 0 saturated heterocycles. The number of nitrogen functional groups attached to an aromatic ring is 1. The first-order valence-corrected chi connectivity index (χ1v) is 10.4. The van der Waals surface area contributed by atoms with Crippen molar-refractivity contribution in [2.45, 2.75) is 11.4 Å². The second-order valence-corrected chi connectivity index (χ2v) is 7.58. The number of nitrogens with one attached hydrogen (secondary N) is 2. The monoisotopic (exact) mass is 425 g/mol. The minimum absolute atomic E-state index is 0.00674. The minimum Gasteiger partial charge on any atom is -0.383 e. The van der Waals surface area contributed by atoms with Crippen LogP contribution < -0.4 is 27.2 Å². The number of carbonyl (C=O) groups excluding carboxylic acids is 1. The van der Waals surface area contributed by atoms with Gasteiger partial charge in [-0.1, -0.05) is 36.4 Å². The van der Waals surface area contributed by atoms with Gasteiger partial charge in [-0.05, 0) is 30.0 Å². The van der Waals surface area contributed by atoms with Crippen LogP contribution in [0.1, 0.15) is 5.56 Å². The van der Waals surface area contributed by atoms with Crippen LogP contribution in [0.2, 0.25) is 0 Å². The molecular weight excluding hydrogens is 402 g/mol. The zero-order chi connectivity index (χ0) is 21.7. The van der Waals surface area contributed by atoms with Crippen LogP contribution in [-0.4, -0.2) is 35.3 Å². The molecule has 2 aromatic carbocycles. The zero-order valence-electron chi connectivity index (χ0n) is 16.7. The number of rotatable bonds is 7. The quantitative estimate of drug-likeness (QED) is 0.499. The van der Waals surface area contributed by atoms with Crippen molar-refractivity contribution in [2.24, 2.45) is 0 Å². The molecule has 0 bridgehead atoms. The highest BCUT2D eigenvalue weighted by molar-refractivity contribution is 7.98. The maximum absolute atomic E-state index is 12.5. The number of amides is 1. The molecule has 156 valence electrons. The smallest absolute Gasteiger partial charge is 0.330 e. The van der Waals surface area contributed by atoms with Crippen LogP contribution in [0.5, 0.6) is 0 Å². The molecule has 1 heterocycles. The molecule has 0 spiro atoms. The molecule has 3 aromatic rings. The van der Waals surface area contributed by atoms with Gasteiger partial charge in [0, 0.05) is 17.6 Å². The van der Waals surface area contributed by atoms with Crippen LogP contribution in [0, 0.1) is 0 Å². The van der Waals surface area contributed by atoms with Crippen LogP contribution in [0.3, 0.4) is 0 Å². The molecular formula is C21H23N5O3S. The maximum Gasteiger partial charge on any atom is 0.330 e. The minimum atomic E-state index is -0.638. The van der Waals surface area contributed by atoms with E-state index in [0.29, 0.717) is 5.69 Å². The molecule has 0 aliphatic carbocycles. The lowest BCUT2D eigenvalue weighted by molar-refractivity contribution is -0.114. The highest BCUT2D eigenvalue weighted by Crippen LogP contribution is 2.20. The van der Waals surface area contributed by atoms with E-state index in [0.717, 1.165) is 10.5 Å². The lowest BCUT2D eigenvalue weighted by Crippen LogP contribution is -2.39. The second-order valence-electron chi connectivity index (χ2n) is 6.70. The molecule has 0 radical (unpaired) electrons. The SMILES string of the molecule is CSc1cccc(NC(=O)CN(C)c2c(N)n(Cc3ccccc3)c(=O)[nH]c2=O)c1. The third-order valence-electron chi connectivity index (χ3n) is 4.51. The summed E-state index contributed by atoms with van der Waals surface area (Å²) < 4.78 is 1.28. The van der Waals surface area contributed by atoms with E-state index in [1.807, 2.05) is 54.8 Å². The number of aromatic amines is 1. The molecule has 9 heteroatoms. The third-order valence-corrected chi connectivity index (χ3v) is 5.24. The summed E-state index contributed by atoms with van der Waals surface area (Å²) in [6.07, 6.45) is 1.95. The van der Waals surface area contributed by atoms with Gasteiger partial charge < -0.3 is 16.0 Å². The topological polar surface area (TPSA) is 113 Å². The number of nitrogens with two attached hydrogens (primary N) is 1. The Hall–Kier alpha value is -3.46. The fraction of sp³-hybridized carbons (Fsp3) is 0.190. The first-order chi connectivity index (χ1) is 14.4.